The zero-order chi connectivity index (χ0) is 12.8. The molecule has 17 heavy (non-hydrogen) atoms. The van der Waals surface area contributed by atoms with Gasteiger partial charge in [-0.05, 0) is 19.9 Å². The second-order valence-electron chi connectivity index (χ2n) is 4.18. The Morgan fingerprint density at radius 1 is 1.29 bits per heavy atom. The summed E-state index contributed by atoms with van der Waals surface area (Å²) in [5, 5.41) is 0. The average molecular weight is 238 g/mol. The highest BCUT2D eigenvalue weighted by Gasteiger charge is 2.34. The summed E-state index contributed by atoms with van der Waals surface area (Å²) >= 11 is 0. The summed E-state index contributed by atoms with van der Waals surface area (Å²) in [5.41, 5.74) is -0.315. The van der Waals surface area contributed by atoms with Gasteiger partial charge in [-0.2, -0.15) is 13.2 Å². The number of benzene rings is 1. The van der Waals surface area contributed by atoms with E-state index in [9.17, 15) is 13.2 Å². The second-order valence-corrected chi connectivity index (χ2v) is 4.18. The third-order valence-electron chi connectivity index (χ3n) is 2.55. The molecule has 6 heteroatoms. The fourth-order valence-corrected chi connectivity index (χ4v) is 1.80. The molecule has 0 aliphatic heterocycles. The highest BCUT2D eigenvalue weighted by atomic mass is 19.4. The van der Waals surface area contributed by atoms with E-state index in [1.54, 1.807) is 13.8 Å². The lowest BCUT2D eigenvalue weighted by molar-refractivity contribution is -0.136. The molecule has 0 aliphatic rings. The lowest BCUT2D eigenvalue weighted by atomic mass is 9.93. The molecule has 1 heterocycles. The number of alkyl halides is 3. The zero-order valence-corrected chi connectivity index (χ0v) is 9.42. The first-order valence-electron chi connectivity index (χ1n) is 5.14. The smallest absolute Gasteiger partial charge is 0.328 e. The predicted octanol–water partition coefficient (Wildman–Crippen LogP) is 2.43. The SMILES string of the molecule is [B]c1cc(C(F)(F)F)c2c(c1)ncn2C(C)C. The van der Waals surface area contributed by atoms with E-state index in [1.807, 2.05) is 0 Å². The van der Waals surface area contributed by atoms with Crippen molar-refractivity contribution < 1.29 is 13.2 Å². The molecule has 0 unspecified atom stereocenters. The van der Waals surface area contributed by atoms with Crippen molar-refractivity contribution in [3.05, 3.63) is 24.0 Å². The molecule has 0 spiro atoms. The largest absolute Gasteiger partial charge is 0.418 e. The summed E-state index contributed by atoms with van der Waals surface area (Å²) < 4.78 is 40.3. The van der Waals surface area contributed by atoms with Gasteiger partial charge in [0.05, 0.1) is 22.9 Å². The van der Waals surface area contributed by atoms with E-state index in [1.165, 1.54) is 17.0 Å². The van der Waals surface area contributed by atoms with Crippen LogP contribution in [0.3, 0.4) is 0 Å². The molecule has 0 atom stereocenters. The van der Waals surface area contributed by atoms with Crippen LogP contribution >= 0.6 is 0 Å². The number of fused-ring (bicyclic) bond motifs is 1. The number of halogens is 3. The van der Waals surface area contributed by atoms with Gasteiger partial charge >= 0.3 is 6.18 Å². The van der Waals surface area contributed by atoms with E-state index in [-0.39, 0.29) is 22.5 Å². The molecule has 1 aromatic carbocycles. The van der Waals surface area contributed by atoms with Crippen molar-refractivity contribution in [1.29, 1.82) is 0 Å². The minimum Gasteiger partial charge on any atom is -0.328 e. The van der Waals surface area contributed by atoms with Gasteiger partial charge in [0.15, 0.2) is 0 Å². The van der Waals surface area contributed by atoms with Crippen LogP contribution in [0.15, 0.2) is 18.5 Å². The van der Waals surface area contributed by atoms with Crippen LogP contribution in [0.1, 0.15) is 25.5 Å². The van der Waals surface area contributed by atoms with Crippen molar-refractivity contribution in [2.75, 3.05) is 0 Å². The molecule has 0 saturated heterocycles. The molecule has 0 amide bonds. The van der Waals surface area contributed by atoms with Crippen molar-refractivity contribution in [2.24, 2.45) is 0 Å². The maximum absolute atomic E-state index is 12.9. The monoisotopic (exact) mass is 238 g/mol. The predicted molar refractivity (Wildman–Crippen MR) is 60.5 cm³/mol. The number of nitrogens with zero attached hydrogens (tertiary/aromatic N) is 2. The number of imidazole rings is 1. The normalized spacial score (nSPS) is 12.6. The van der Waals surface area contributed by atoms with Gasteiger partial charge in [-0.25, -0.2) is 4.98 Å². The van der Waals surface area contributed by atoms with Crippen LogP contribution in [0.2, 0.25) is 0 Å². The Kier molecular flexibility index (Phi) is 2.68. The molecule has 0 aliphatic carbocycles. The van der Waals surface area contributed by atoms with Crippen LogP contribution in [0, 0.1) is 0 Å². The molecule has 1 aromatic heterocycles. The third-order valence-corrected chi connectivity index (χ3v) is 2.55. The van der Waals surface area contributed by atoms with Gasteiger partial charge in [-0.1, -0.05) is 11.5 Å². The van der Waals surface area contributed by atoms with E-state index in [0.29, 0.717) is 0 Å². The van der Waals surface area contributed by atoms with Crippen molar-refractivity contribution in [1.82, 2.24) is 9.55 Å². The van der Waals surface area contributed by atoms with Crippen molar-refractivity contribution in [3.8, 4) is 0 Å². The number of rotatable bonds is 1. The van der Waals surface area contributed by atoms with Gasteiger partial charge in [0.25, 0.3) is 0 Å². The Labute approximate surface area is 97.9 Å². The Balaban J connectivity index is 2.84. The second kappa shape index (κ2) is 3.79. The third kappa shape index (κ3) is 2.03. The fourth-order valence-electron chi connectivity index (χ4n) is 1.80. The summed E-state index contributed by atoms with van der Waals surface area (Å²) in [6, 6.07) is 2.30. The highest BCUT2D eigenvalue weighted by Crippen LogP contribution is 2.34. The molecule has 2 nitrogen and oxygen atoms in total. The molecule has 0 fully saturated rings. The minimum atomic E-state index is -4.43. The molecular formula is C11H10BF3N2. The molecule has 0 saturated carbocycles. The van der Waals surface area contributed by atoms with Gasteiger partial charge in [-0.3, -0.25) is 0 Å². The van der Waals surface area contributed by atoms with Crippen molar-refractivity contribution >= 4 is 24.3 Å². The van der Waals surface area contributed by atoms with Crippen LogP contribution in [0.25, 0.3) is 11.0 Å². The summed E-state index contributed by atoms with van der Waals surface area (Å²) in [4.78, 5) is 3.96. The van der Waals surface area contributed by atoms with Crippen molar-refractivity contribution in [3.63, 3.8) is 0 Å². The molecule has 2 aromatic rings. The zero-order valence-electron chi connectivity index (χ0n) is 9.42. The van der Waals surface area contributed by atoms with Crippen LogP contribution < -0.4 is 5.46 Å². The lowest BCUT2D eigenvalue weighted by Gasteiger charge is -2.14. The topological polar surface area (TPSA) is 17.8 Å². The minimum absolute atomic E-state index is 0.0684. The van der Waals surface area contributed by atoms with E-state index >= 15 is 0 Å². The van der Waals surface area contributed by atoms with Gasteiger partial charge in [0.1, 0.15) is 7.85 Å². The van der Waals surface area contributed by atoms with E-state index in [4.69, 9.17) is 7.85 Å². The van der Waals surface area contributed by atoms with E-state index in [2.05, 4.69) is 4.98 Å². The molecule has 2 rings (SSSR count). The van der Waals surface area contributed by atoms with Crippen molar-refractivity contribution in [2.45, 2.75) is 26.1 Å². The van der Waals surface area contributed by atoms with Crippen LogP contribution in [0.5, 0.6) is 0 Å². The molecular weight excluding hydrogens is 228 g/mol. The number of hydrogen-bond donors (Lipinski definition) is 0. The maximum Gasteiger partial charge on any atom is 0.418 e. The molecule has 88 valence electrons. The Bertz CT molecular complexity index is 558. The summed E-state index contributed by atoms with van der Waals surface area (Å²) in [6.45, 7) is 3.61. The number of hydrogen-bond acceptors (Lipinski definition) is 1. The Hall–Kier alpha value is -1.46. The Morgan fingerprint density at radius 2 is 1.94 bits per heavy atom. The average Bonchev–Trinajstić information content (AvgIpc) is 2.57. The van der Waals surface area contributed by atoms with Gasteiger partial charge < -0.3 is 4.57 Å². The number of aromatic nitrogens is 2. The summed E-state index contributed by atoms with van der Waals surface area (Å²) in [7, 11) is 5.46. The van der Waals surface area contributed by atoms with Crippen LogP contribution in [0.4, 0.5) is 13.2 Å². The molecule has 2 radical (unpaired) electrons. The van der Waals surface area contributed by atoms with Gasteiger partial charge in [0, 0.05) is 6.04 Å². The lowest BCUT2D eigenvalue weighted by Crippen LogP contribution is -2.14. The fraction of sp³-hybridized carbons (Fsp3) is 0.364. The van der Waals surface area contributed by atoms with Crippen LogP contribution in [-0.2, 0) is 6.18 Å². The Morgan fingerprint density at radius 3 is 2.47 bits per heavy atom. The van der Waals surface area contributed by atoms with Crippen LogP contribution in [-0.4, -0.2) is 17.4 Å². The quantitative estimate of drug-likeness (QED) is 0.697. The standard InChI is InChI=1S/C11H10BF3N2/c1-6(2)17-5-16-9-4-7(12)3-8(10(9)17)11(13,14)15/h3-6H,1-2H3. The first-order valence-corrected chi connectivity index (χ1v) is 5.14. The molecule has 0 bridgehead atoms. The van der Waals surface area contributed by atoms with E-state index in [0.717, 1.165) is 6.07 Å². The van der Waals surface area contributed by atoms with Gasteiger partial charge in [-0.15, -0.1) is 0 Å². The maximum atomic E-state index is 12.9. The van der Waals surface area contributed by atoms with Gasteiger partial charge in [0.2, 0.25) is 0 Å². The first-order chi connectivity index (χ1) is 7.80. The summed E-state index contributed by atoms with van der Waals surface area (Å²) in [6.07, 6.45) is -3.02. The highest BCUT2D eigenvalue weighted by molar-refractivity contribution is 6.33. The molecule has 0 N–H and O–H groups in total. The van der Waals surface area contributed by atoms with E-state index < -0.39 is 11.7 Å². The first kappa shape index (κ1) is 12.0. The summed E-state index contributed by atoms with van der Waals surface area (Å²) in [5.74, 6) is 0.